The average Bonchev–Trinajstić information content (AvgIpc) is 2.44. The molecule has 0 aliphatic heterocycles. The van der Waals surface area contributed by atoms with Gasteiger partial charge in [0.2, 0.25) is 5.82 Å². The van der Waals surface area contributed by atoms with Gasteiger partial charge in [0.05, 0.1) is 0 Å². The number of benzene rings is 1. The van der Waals surface area contributed by atoms with Crippen molar-refractivity contribution in [2.24, 2.45) is 0 Å². The summed E-state index contributed by atoms with van der Waals surface area (Å²) in [4.78, 5) is 2.27. The summed E-state index contributed by atoms with van der Waals surface area (Å²) in [5, 5.41) is 0. The van der Waals surface area contributed by atoms with E-state index in [-0.39, 0.29) is 5.75 Å². The molecule has 1 aromatic rings. The number of nitrogens with zero attached hydrogens (tertiary/aromatic N) is 1. The van der Waals surface area contributed by atoms with E-state index in [1.807, 2.05) is 0 Å². The molecular weight excluding hydrogens is 260 g/mol. The molecule has 0 N–H and O–H groups in total. The molecule has 1 rings (SSSR count). The zero-order valence-electron chi connectivity index (χ0n) is 12.7. The maximum absolute atomic E-state index is 13.8. The molecule has 0 fully saturated rings. The molecule has 0 unspecified atom stereocenters. The van der Waals surface area contributed by atoms with Gasteiger partial charge in [0.15, 0.2) is 11.6 Å². The molecular formula is C16H25F2NO. The van der Waals surface area contributed by atoms with Crippen LogP contribution in [-0.4, -0.2) is 31.1 Å². The lowest BCUT2D eigenvalue weighted by Gasteiger charge is -2.21. The van der Waals surface area contributed by atoms with Crippen molar-refractivity contribution in [1.82, 2.24) is 4.90 Å². The first kappa shape index (κ1) is 16.9. The van der Waals surface area contributed by atoms with E-state index in [4.69, 9.17) is 4.74 Å². The molecule has 0 heterocycles. The molecule has 0 aliphatic carbocycles. The van der Waals surface area contributed by atoms with E-state index in [2.05, 4.69) is 18.7 Å². The first-order valence-electron chi connectivity index (χ1n) is 7.46. The van der Waals surface area contributed by atoms with E-state index in [1.165, 1.54) is 6.07 Å². The predicted octanol–water partition coefficient (Wildman–Crippen LogP) is 4.03. The second-order valence-corrected chi connectivity index (χ2v) is 4.89. The number of hydrogen-bond acceptors (Lipinski definition) is 2. The summed E-state index contributed by atoms with van der Waals surface area (Å²) in [6.45, 7) is 9.17. The summed E-state index contributed by atoms with van der Waals surface area (Å²) >= 11 is 0. The highest BCUT2D eigenvalue weighted by Crippen LogP contribution is 2.23. The van der Waals surface area contributed by atoms with Crippen LogP contribution < -0.4 is 4.74 Å². The summed E-state index contributed by atoms with van der Waals surface area (Å²) in [5.74, 6) is -1.65. The maximum atomic E-state index is 13.8. The normalized spacial score (nSPS) is 11.1. The van der Waals surface area contributed by atoms with Crippen LogP contribution in [0, 0.1) is 11.6 Å². The number of rotatable bonds is 9. The van der Waals surface area contributed by atoms with Crippen molar-refractivity contribution in [2.45, 2.75) is 40.0 Å². The summed E-state index contributed by atoms with van der Waals surface area (Å²) in [5.41, 5.74) is 0.383. The third-order valence-corrected chi connectivity index (χ3v) is 3.25. The van der Waals surface area contributed by atoms with Crippen LogP contribution in [0.15, 0.2) is 12.1 Å². The zero-order valence-corrected chi connectivity index (χ0v) is 12.7. The number of halogens is 2. The molecule has 2 nitrogen and oxygen atoms in total. The van der Waals surface area contributed by atoms with Crippen LogP contribution in [0.4, 0.5) is 8.78 Å². The van der Waals surface area contributed by atoms with Gasteiger partial charge in [-0.25, -0.2) is 4.39 Å². The number of hydrogen-bond donors (Lipinski definition) is 0. The molecule has 114 valence electrons. The first-order chi connectivity index (χ1) is 9.63. The van der Waals surface area contributed by atoms with Crippen LogP contribution in [0.25, 0.3) is 0 Å². The molecule has 0 saturated heterocycles. The first-order valence-corrected chi connectivity index (χ1v) is 7.46. The van der Waals surface area contributed by atoms with Crippen molar-refractivity contribution >= 4 is 0 Å². The monoisotopic (exact) mass is 285 g/mol. The molecule has 0 bridgehead atoms. The van der Waals surface area contributed by atoms with Crippen LogP contribution in [0.2, 0.25) is 0 Å². The minimum atomic E-state index is -0.873. The van der Waals surface area contributed by atoms with Crippen molar-refractivity contribution in [1.29, 1.82) is 0 Å². The second-order valence-electron chi connectivity index (χ2n) is 4.89. The Morgan fingerprint density at radius 2 is 1.60 bits per heavy atom. The highest BCUT2D eigenvalue weighted by molar-refractivity contribution is 5.31. The van der Waals surface area contributed by atoms with Gasteiger partial charge < -0.3 is 4.74 Å². The molecule has 1 aromatic carbocycles. The zero-order chi connectivity index (χ0) is 15.0. The Hall–Kier alpha value is -1.16. The molecule has 0 spiro atoms. The fourth-order valence-electron chi connectivity index (χ4n) is 2.21. The van der Waals surface area contributed by atoms with Crippen molar-refractivity contribution in [2.75, 3.05) is 26.2 Å². The predicted molar refractivity (Wildman–Crippen MR) is 78.3 cm³/mol. The Balaban J connectivity index is 2.55. The largest absolute Gasteiger partial charge is 0.489 e. The maximum Gasteiger partial charge on any atom is 0.200 e. The van der Waals surface area contributed by atoms with Gasteiger partial charge in [0.25, 0.3) is 0 Å². The molecule has 0 aromatic heterocycles. The minimum Gasteiger partial charge on any atom is -0.489 e. The fraction of sp³-hybridized carbons (Fsp3) is 0.625. The molecule has 0 radical (unpaired) electrons. The van der Waals surface area contributed by atoms with Gasteiger partial charge in [0.1, 0.15) is 6.61 Å². The molecule has 0 aliphatic rings. The van der Waals surface area contributed by atoms with Crippen molar-refractivity contribution < 1.29 is 13.5 Å². The highest BCUT2D eigenvalue weighted by atomic mass is 19.2. The van der Waals surface area contributed by atoms with Gasteiger partial charge in [0, 0.05) is 6.54 Å². The van der Waals surface area contributed by atoms with Crippen LogP contribution >= 0.6 is 0 Å². The Morgan fingerprint density at radius 3 is 2.15 bits per heavy atom. The fourth-order valence-corrected chi connectivity index (χ4v) is 2.21. The Kier molecular flexibility index (Phi) is 7.52. The van der Waals surface area contributed by atoms with Gasteiger partial charge in [-0.2, -0.15) is 4.39 Å². The molecule has 4 heteroatoms. The van der Waals surface area contributed by atoms with E-state index in [1.54, 1.807) is 13.0 Å². The van der Waals surface area contributed by atoms with Gasteiger partial charge >= 0.3 is 0 Å². The van der Waals surface area contributed by atoms with Crippen molar-refractivity contribution in [3.63, 3.8) is 0 Å². The lowest BCUT2D eigenvalue weighted by Crippen LogP contribution is -2.30. The molecule has 0 amide bonds. The van der Waals surface area contributed by atoms with E-state index >= 15 is 0 Å². The highest BCUT2D eigenvalue weighted by Gasteiger charge is 2.13. The lowest BCUT2D eigenvalue weighted by atomic mass is 10.1. The van der Waals surface area contributed by atoms with Crippen molar-refractivity contribution in [3.8, 4) is 5.75 Å². The van der Waals surface area contributed by atoms with Gasteiger partial charge in [-0.15, -0.1) is 0 Å². The molecule has 0 atom stereocenters. The lowest BCUT2D eigenvalue weighted by molar-refractivity contribution is 0.203. The average molecular weight is 285 g/mol. The van der Waals surface area contributed by atoms with Crippen LogP contribution in [0.3, 0.4) is 0 Å². The van der Waals surface area contributed by atoms with E-state index < -0.39 is 11.6 Å². The summed E-state index contributed by atoms with van der Waals surface area (Å²) in [6.07, 6.45) is 2.63. The van der Waals surface area contributed by atoms with Crippen molar-refractivity contribution in [3.05, 3.63) is 29.3 Å². The molecule has 20 heavy (non-hydrogen) atoms. The molecule has 0 saturated carbocycles. The van der Waals surface area contributed by atoms with Crippen LogP contribution in [0.5, 0.6) is 5.75 Å². The third-order valence-electron chi connectivity index (χ3n) is 3.25. The summed E-state index contributed by atoms with van der Waals surface area (Å²) in [6, 6.07) is 3.10. The summed E-state index contributed by atoms with van der Waals surface area (Å²) < 4.78 is 32.8. The summed E-state index contributed by atoms with van der Waals surface area (Å²) in [7, 11) is 0. The van der Waals surface area contributed by atoms with Crippen LogP contribution in [-0.2, 0) is 6.42 Å². The van der Waals surface area contributed by atoms with Gasteiger partial charge in [-0.05, 0) is 44.0 Å². The second kappa shape index (κ2) is 8.90. The van der Waals surface area contributed by atoms with Gasteiger partial charge in [-0.1, -0.05) is 26.8 Å². The Bertz CT molecular complexity index is 404. The Morgan fingerprint density at radius 1 is 0.950 bits per heavy atom. The third kappa shape index (κ3) is 4.75. The number of ether oxygens (including phenoxy) is 1. The van der Waals surface area contributed by atoms with E-state index in [9.17, 15) is 8.78 Å². The minimum absolute atomic E-state index is 0.00708. The SMILES string of the molecule is CCCN(CCC)CCOc1ccc(CC)c(F)c1F. The standard InChI is InChI=1S/C16H25F2NO/c1-4-9-19(10-5-2)11-12-20-14-8-7-13(6-3)15(17)16(14)18/h7-8H,4-6,9-12H2,1-3H3. The Labute approximate surface area is 120 Å². The van der Waals surface area contributed by atoms with Crippen LogP contribution in [0.1, 0.15) is 39.2 Å². The van der Waals surface area contributed by atoms with E-state index in [0.29, 0.717) is 18.6 Å². The quantitative estimate of drug-likeness (QED) is 0.679. The van der Waals surface area contributed by atoms with E-state index in [0.717, 1.165) is 32.5 Å². The topological polar surface area (TPSA) is 12.5 Å². The smallest absolute Gasteiger partial charge is 0.200 e. The van der Waals surface area contributed by atoms with Gasteiger partial charge in [-0.3, -0.25) is 4.90 Å². The number of aryl methyl sites for hydroxylation is 1.